The molecule has 1 atom stereocenters. The number of carbonyl (C=O) groups excluding carboxylic acids is 3. The van der Waals surface area contributed by atoms with E-state index >= 15 is 0 Å². The third-order valence-corrected chi connectivity index (χ3v) is 6.72. The molecule has 0 fully saturated rings. The lowest BCUT2D eigenvalue weighted by Gasteiger charge is -2.31. The number of methoxy groups -OCH3 is 2. The minimum atomic E-state index is -0.584. The maximum Gasteiger partial charge on any atom is 0.407 e. The summed E-state index contributed by atoms with van der Waals surface area (Å²) in [5.41, 5.74) is 4.58. The third-order valence-electron chi connectivity index (χ3n) is 6.72. The second-order valence-corrected chi connectivity index (χ2v) is 8.98. The van der Waals surface area contributed by atoms with Crippen molar-refractivity contribution in [2.45, 2.75) is 44.9 Å². The lowest BCUT2D eigenvalue weighted by molar-refractivity contribution is -0.148. The molecule has 9 nitrogen and oxygen atoms in total. The van der Waals surface area contributed by atoms with Crippen LogP contribution in [0.4, 0.5) is 4.79 Å². The Morgan fingerprint density at radius 1 is 0.946 bits per heavy atom. The van der Waals surface area contributed by atoms with E-state index in [0.29, 0.717) is 0 Å². The topological polar surface area (TPSA) is 106 Å². The number of carbonyl (C=O) groups is 3. The van der Waals surface area contributed by atoms with Crippen molar-refractivity contribution >= 4 is 17.9 Å². The number of hydrogen-bond acceptors (Lipinski definition) is 6. The van der Waals surface area contributed by atoms with E-state index in [1.807, 2.05) is 38.1 Å². The first-order valence-electron chi connectivity index (χ1n) is 12.6. The van der Waals surface area contributed by atoms with Crippen LogP contribution in [0.5, 0.6) is 0 Å². The molecular formula is C28H37N3O6. The molecular weight excluding hydrogens is 474 g/mol. The van der Waals surface area contributed by atoms with Gasteiger partial charge in [-0.1, -0.05) is 55.5 Å². The smallest absolute Gasteiger partial charge is 0.407 e. The normalized spacial score (nSPS) is 13.0. The van der Waals surface area contributed by atoms with E-state index in [4.69, 9.17) is 14.2 Å². The Kier molecular flexibility index (Phi) is 10.5. The Hall–Kier alpha value is -3.43. The van der Waals surface area contributed by atoms with Gasteiger partial charge in [0.15, 0.2) is 6.29 Å². The largest absolute Gasteiger partial charge is 0.449 e. The van der Waals surface area contributed by atoms with E-state index in [1.165, 1.54) is 14.2 Å². The highest BCUT2D eigenvalue weighted by Crippen LogP contribution is 2.44. The number of ether oxygens (including phenoxy) is 3. The van der Waals surface area contributed by atoms with Crippen LogP contribution in [0.25, 0.3) is 11.1 Å². The molecule has 1 aliphatic rings. The zero-order chi connectivity index (χ0) is 26.8. The first kappa shape index (κ1) is 28.1. The van der Waals surface area contributed by atoms with Crippen LogP contribution in [-0.4, -0.2) is 75.6 Å². The SMILES string of the molecule is CCC(C)N(CC(OC)OC)C(=O)CNC(=O)CCNC(=O)OCC1c2ccccc2-c2ccccc21. The Balaban J connectivity index is 1.41. The molecule has 0 aliphatic heterocycles. The van der Waals surface area contributed by atoms with E-state index in [-0.39, 0.29) is 56.4 Å². The lowest BCUT2D eigenvalue weighted by atomic mass is 9.98. The molecule has 200 valence electrons. The van der Waals surface area contributed by atoms with Crippen molar-refractivity contribution in [3.8, 4) is 11.1 Å². The number of nitrogens with one attached hydrogen (secondary N) is 2. The summed E-state index contributed by atoms with van der Waals surface area (Å²) in [4.78, 5) is 38.8. The molecule has 9 heteroatoms. The minimum absolute atomic E-state index is 0.0274. The Labute approximate surface area is 218 Å². The molecule has 0 radical (unpaired) electrons. The van der Waals surface area contributed by atoms with Crippen LogP contribution in [0.2, 0.25) is 0 Å². The van der Waals surface area contributed by atoms with Gasteiger partial charge < -0.3 is 29.7 Å². The van der Waals surface area contributed by atoms with Gasteiger partial charge in [0.05, 0.1) is 13.1 Å². The predicted molar refractivity (Wildman–Crippen MR) is 140 cm³/mol. The summed E-state index contributed by atoms with van der Waals surface area (Å²) in [6, 6.07) is 16.2. The van der Waals surface area contributed by atoms with Gasteiger partial charge in [-0.15, -0.1) is 0 Å². The summed E-state index contributed by atoms with van der Waals surface area (Å²) in [6.07, 6.45) is -0.349. The number of rotatable bonds is 13. The van der Waals surface area contributed by atoms with Gasteiger partial charge in [0.2, 0.25) is 11.8 Å². The van der Waals surface area contributed by atoms with Gasteiger partial charge in [0.25, 0.3) is 0 Å². The average molecular weight is 512 g/mol. The van der Waals surface area contributed by atoms with Crippen LogP contribution in [-0.2, 0) is 23.8 Å². The molecule has 0 spiro atoms. The molecule has 1 unspecified atom stereocenters. The van der Waals surface area contributed by atoms with Gasteiger partial charge >= 0.3 is 6.09 Å². The maximum absolute atomic E-state index is 12.7. The van der Waals surface area contributed by atoms with E-state index < -0.39 is 12.4 Å². The van der Waals surface area contributed by atoms with Crippen molar-refractivity contribution < 1.29 is 28.6 Å². The Bertz CT molecular complexity index is 1030. The van der Waals surface area contributed by atoms with Crippen LogP contribution in [0, 0.1) is 0 Å². The monoisotopic (exact) mass is 511 g/mol. The molecule has 1 aliphatic carbocycles. The molecule has 0 saturated carbocycles. The Morgan fingerprint density at radius 2 is 1.54 bits per heavy atom. The molecule has 3 amide bonds. The zero-order valence-corrected chi connectivity index (χ0v) is 22.0. The number of alkyl carbamates (subject to hydrolysis) is 1. The van der Waals surface area contributed by atoms with Gasteiger partial charge in [-0.05, 0) is 35.6 Å². The highest BCUT2D eigenvalue weighted by Gasteiger charge is 2.29. The highest BCUT2D eigenvalue weighted by molar-refractivity contribution is 5.85. The van der Waals surface area contributed by atoms with E-state index in [2.05, 4.69) is 34.9 Å². The molecule has 2 aromatic carbocycles. The fourth-order valence-electron chi connectivity index (χ4n) is 4.45. The predicted octanol–water partition coefficient (Wildman–Crippen LogP) is 3.28. The van der Waals surface area contributed by atoms with Crippen molar-refractivity contribution in [1.29, 1.82) is 0 Å². The van der Waals surface area contributed by atoms with Crippen LogP contribution in [0.1, 0.15) is 43.7 Å². The molecule has 0 aromatic heterocycles. The molecule has 0 bridgehead atoms. The van der Waals surface area contributed by atoms with Crippen molar-refractivity contribution in [1.82, 2.24) is 15.5 Å². The molecule has 2 aromatic rings. The number of fused-ring (bicyclic) bond motifs is 3. The number of benzene rings is 2. The van der Waals surface area contributed by atoms with Crippen molar-refractivity contribution in [3.05, 3.63) is 59.7 Å². The van der Waals surface area contributed by atoms with Gasteiger partial charge in [-0.3, -0.25) is 9.59 Å². The second kappa shape index (κ2) is 13.8. The molecule has 37 heavy (non-hydrogen) atoms. The third kappa shape index (κ3) is 7.30. The first-order chi connectivity index (χ1) is 17.9. The summed E-state index contributed by atoms with van der Waals surface area (Å²) in [5.74, 6) is -0.602. The molecule has 0 saturated heterocycles. The van der Waals surface area contributed by atoms with Gasteiger partial charge in [-0.25, -0.2) is 4.79 Å². The quantitative estimate of drug-likeness (QED) is 0.400. The van der Waals surface area contributed by atoms with Crippen LogP contribution < -0.4 is 10.6 Å². The van der Waals surface area contributed by atoms with Crippen molar-refractivity contribution in [2.24, 2.45) is 0 Å². The van der Waals surface area contributed by atoms with Crippen molar-refractivity contribution in [3.63, 3.8) is 0 Å². The van der Waals surface area contributed by atoms with Crippen LogP contribution in [0.15, 0.2) is 48.5 Å². The number of hydrogen-bond donors (Lipinski definition) is 2. The zero-order valence-electron chi connectivity index (χ0n) is 22.0. The second-order valence-electron chi connectivity index (χ2n) is 8.98. The maximum atomic E-state index is 12.7. The summed E-state index contributed by atoms with van der Waals surface area (Å²) in [5, 5.41) is 5.23. The number of nitrogens with zero attached hydrogens (tertiary/aromatic N) is 1. The highest BCUT2D eigenvalue weighted by atomic mass is 16.7. The summed E-state index contributed by atoms with van der Waals surface area (Å²) in [7, 11) is 3.03. The van der Waals surface area contributed by atoms with E-state index in [1.54, 1.807) is 4.90 Å². The van der Waals surface area contributed by atoms with E-state index in [0.717, 1.165) is 28.7 Å². The first-order valence-corrected chi connectivity index (χ1v) is 12.6. The van der Waals surface area contributed by atoms with E-state index in [9.17, 15) is 14.4 Å². The molecule has 3 rings (SSSR count). The Morgan fingerprint density at radius 3 is 2.11 bits per heavy atom. The lowest BCUT2D eigenvalue weighted by Crippen LogP contribution is -2.48. The van der Waals surface area contributed by atoms with Gasteiger partial charge in [0, 0.05) is 39.1 Å². The molecule has 0 heterocycles. The van der Waals surface area contributed by atoms with Crippen LogP contribution in [0.3, 0.4) is 0 Å². The average Bonchev–Trinajstić information content (AvgIpc) is 3.24. The fourth-order valence-corrected chi connectivity index (χ4v) is 4.45. The standard InChI is InChI=1S/C28H37N3O6/c1-5-19(2)31(17-27(35-3)36-4)26(33)16-30-25(32)14-15-29-28(34)37-18-24-22-12-8-6-10-20(22)21-11-7-9-13-23(21)24/h6-13,19,24,27H,5,14-18H2,1-4H3,(H,29,34)(H,30,32). The summed E-state index contributed by atoms with van der Waals surface area (Å²) in [6.45, 7) is 4.33. The van der Waals surface area contributed by atoms with Crippen LogP contribution >= 0.6 is 0 Å². The van der Waals surface area contributed by atoms with Gasteiger partial charge in [-0.2, -0.15) is 0 Å². The molecule has 2 N–H and O–H groups in total. The number of amides is 3. The summed E-state index contributed by atoms with van der Waals surface area (Å²) >= 11 is 0. The summed E-state index contributed by atoms with van der Waals surface area (Å²) < 4.78 is 15.9. The minimum Gasteiger partial charge on any atom is -0.449 e. The fraction of sp³-hybridized carbons (Fsp3) is 0.464. The van der Waals surface area contributed by atoms with Crippen molar-refractivity contribution in [2.75, 3.05) is 40.5 Å². The van der Waals surface area contributed by atoms with Gasteiger partial charge in [0.1, 0.15) is 6.61 Å².